The maximum Gasteiger partial charge on any atom is 0.242 e. The van der Waals surface area contributed by atoms with Gasteiger partial charge in [0, 0.05) is 24.5 Å². The average Bonchev–Trinajstić information content (AvgIpc) is 3.11. The summed E-state index contributed by atoms with van der Waals surface area (Å²) in [5.41, 5.74) is 0.913. The number of carbonyl (C=O) groups excluding carboxylic acids is 1. The minimum absolute atomic E-state index is 0.0992. The Morgan fingerprint density at radius 2 is 1.86 bits per heavy atom. The largest absolute Gasteiger partial charge is 0.360 e. The fourth-order valence-electron chi connectivity index (χ4n) is 2.76. The van der Waals surface area contributed by atoms with Gasteiger partial charge in [-0.25, -0.2) is 8.42 Å². The molecule has 1 aromatic rings. The molecule has 2 aliphatic rings. The highest BCUT2D eigenvalue weighted by molar-refractivity contribution is 7.90. The van der Waals surface area contributed by atoms with E-state index in [9.17, 15) is 13.2 Å². The first-order valence-corrected chi connectivity index (χ1v) is 9.21. The van der Waals surface area contributed by atoms with Crippen LogP contribution in [-0.4, -0.2) is 39.2 Å². The lowest BCUT2D eigenvalue weighted by Crippen LogP contribution is -2.44. The predicted octanol–water partition coefficient (Wildman–Crippen LogP) is 1.34. The van der Waals surface area contributed by atoms with Crippen molar-refractivity contribution in [2.75, 3.05) is 17.7 Å². The van der Waals surface area contributed by atoms with Gasteiger partial charge in [0.05, 0.1) is 4.90 Å². The fourth-order valence-corrected chi connectivity index (χ4v) is 3.39. The molecule has 1 saturated heterocycles. The van der Waals surface area contributed by atoms with Crippen LogP contribution in [0.1, 0.15) is 25.7 Å². The van der Waals surface area contributed by atoms with E-state index in [4.69, 9.17) is 0 Å². The summed E-state index contributed by atoms with van der Waals surface area (Å²) < 4.78 is 23.0. The van der Waals surface area contributed by atoms with Gasteiger partial charge in [-0.3, -0.25) is 4.79 Å². The molecule has 1 aliphatic heterocycles. The first-order chi connectivity index (χ1) is 9.95. The maximum absolute atomic E-state index is 12.3. The molecule has 1 saturated carbocycles. The zero-order chi connectivity index (χ0) is 15.0. The molecule has 0 unspecified atom stereocenters. The number of hydrogen-bond donors (Lipinski definition) is 1. The van der Waals surface area contributed by atoms with Gasteiger partial charge in [0.25, 0.3) is 0 Å². The molecule has 114 valence electrons. The van der Waals surface area contributed by atoms with E-state index in [1.807, 2.05) is 0 Å². The lowest BCUT2D eigenvalue weighted by molar-refractivity contribution is -0.122. The zero-order valence-corrected chi connectivity index (χ0v) is 12.9. The predicted molar refractivity (Wildman–Crippen MR) is 81.1 cm³/mol. The molecular formula is C15H20N2O3S. The summed E-state index contributed by atoms with van der Waals surface area (Å²) in [7, 11) is -3.18. The van der Waals surface area contributed by atoms with Crippen molar-refractivity contribution in [2.24, 2.45) is 0 Å². The monoisotopic (exact) mass is 308 g/mol. The van der Waals surface area contributed by atoms with Gasteiger partial charge in [0.2, 0.25) is 5.91 Å². The zero-order valence-electron chi connectivity index (χ0n) is 12.1. The first-order valence-electron chi connectivity index (χ1n) is 7.32. The van der Waals surface area contributed by atoms with Crippen molar-refractivity contribution in [1.82, 2.24) is 5.32 Å². The van der Waals surface area contributed by atoms with Gasteiger partial charge in [0.1, 0.15) is 6.04 Å². The molecule has 3 rings (SSSR count). The summed E-state index contributed by atoms with van der Waals surface area (Å²) in [6.07, 6.45) is 5.20. The summed E-state index contributed by atoms with van der Waals surface area (Å²) >= 11 is 0. The second-order valence-corrected chi connectivity index (χ2v) is 7.92. The molecular weight excluding hydrogens is 288 g/mol. The minimum atomic E-state index is -3.18. The van der Waals surface area contributed by atoms with Crippen LogP contribution in [0, 0.1) is 0 Å². The van der Waals surface area contributed by atoms with Crippen LogP contribution in [0.5, 0.6) is 0 Å². The third-order valence-electron chi connectivity index (χ3n) is 4.08. The molecule has 1 aliphatic carbocycles. The van der Waals surface area contributed by atoms with Crippen molar-refractivity contribution in [1.29, 1.82) is 0 Å². The standard InChI is InChI=1S/C15H20N2O3S/c1-21(19,20)13-8-6-12(7-9-13)17-10-2-3-14(17)15(18)16-11-4-5-11/h6-9,11,14H,2-5,10H2,1H3,(H,16,18)/t14-/m1/s1. The number of carbonyl (C=O) groups is 1. The highest BCUT2D eigenvalue weighted by atomic mass is 32.2. The summed E-state index contributed by atoms with van der Waals surface area (Å²) in [6.45, 7) is 0.834. The highest BCUT2D eigenvalue weighted by Gasteiger charge is 2.34. The van der Waals surface area contributed by atoms with E-state index in [0.29, 0.717) is 10.9 Å². The molecule has 0 spiro atoms. The second kappa shape index (κ2) is 5.33. The maximum atomic E-state index is 12.3. The normalized spacial score (nSPS) is 22.3. The Morgan fingerprint density at radius 3 is 2.43 bits per heavy atom. The van der Waals surface area contributed by atoms with Crippen LogP contribution in [0.25, 0.3) is 0 Å². The van der Waals surface area contributed by atoms with Gasteiger partial charge in [-0.15, -0.1) is 0 Å². The van der Waals surface area contributed by atoms with E-state index in [0.717, 1.165) is 37.9 Å². The van der Waals surface area contributed by atoms with Gasteiger partial charge >= 0.3 is 0 Å². The van der Waals surface area contributed by atoms with Crippen molar-refractivity contribution in [3.05, 3.63) is 24.3 Å². The number of benzene rings is 1. The SMILES string of the molecule is CS(=O)(=O)c1ccc(N2CCC[C@@H]2C(=O)NC2CC2)cc1. The van der Waals surface area contributed by atoms with Crippen molar-refractivity contribution >= 4 is 21.4 Å². The number of nitrogens with zero attached hydrogens (tertiary/aromatic N) is 1. The van der Waals surface area contributed by atoms with Crippen LogP contribution in [0.4, 0.5) is 5.69 Å². The number of hydrogen-bond acceptors (Lipinski definition) is 4. The number of rotatable bonds is 4. The Balaban J connectivity index is 1.76. The van der Waals surface area contributed by atoms with E-state index in [-0.39, 0.29) is 11.9 Å². The van der Waals surface area contributed by atoms with Crippen molar-refractivity contribution in [3.63, 3.8) is 0 Å². The minimum Gasteiger partial charge on any atom is -0.360 e. The van der Waals surface area contributed by atoms with Crippen molar-refractivity contribution in [2.45, 2.75) is 42.7 Å². The smallest absolute Gasteiger partial charge is 0.242 e. The van der Waals surface area contributed by atoms with Crippen LogP contribution >= 0.6 is 0 Å². The van der Waals surface area contributed by atoms with Gasteiger partial charge in [-0.2, -0.15) is 0 Å². The molecule has 0 bridgehead atoms. The molecule has 1 atom stereocenters. The number of anilines is 1. The Labute approximate surface area is 125 Å². The van der Waals surface area contributed by atoms with Crippen LogP contribution in [-0.2, 0) is 14.6 Å². The Bertz CT molecular complexity index is 635. The van der Waals surface area contributed by atoms with Gasteiger partial charge < -0.3 is 10.2 Å². The highest BCUT2D eigenvalue weighted by Crippen LogP contribution is 2.28. The van der Waals surface area contributed by atoms with Gasteiger partial charge in [-0.1, -0.05) is 0 Å². The summed E-state index contributed by atoms with van der Waals surface area (Å²) in [6, 6.07) is 7.04. The summed E-state index contributed by atoms with van der Waals surface area (Å²) in [5.74, 6) is 0.0992. The lowest BCUT2D eigenvalue weighted by atomic mass is 10.2. The second-order valence-electron chi connectivity index (χ2n) is 5.90. The number of nitrogens with one attached hydrogen (secondary N) is 1. The fraction of sp³-hybridized carbons (Fsp3) is 0.533. The molecule has 6 heteroatoms. The molecule has 1 amide bonds. The van der Waals surface area contributed by atoms with Crippen LogP contribution in [0.15, 0.2) is 29.2 Å². The topological polar surface area (TPSA) is 66.5 Å². The summed E-state index contributed by atoms with van der Waals surface area (Å²) in [5, 5.41) is 3.05. The Hall–Kier alpha value is -1.56. The quantitative estimate of drug-likeness (QED) is 0.911. The van der Waals surface area contributed by atoms with E-state index < -0.39 is 9.84 Å². The molecule has 21 heavy (non-hydrogen) atoms. The average molecular weight is 308 g/mol. The van der Waals surface area contributed by atoms with Gasteiger partial charge in [0.15, 0.2) is 9.84 Å². The van der Waals surface area contributed by atoms with E-state index in [1.165, 1.54) is 6.26 Å². The van der Waals surface area contributed by atoms with E-state index in [1.54, 1.807) is 24.3 Å². The van der Waals surface area contributed by atoms with E-state index >= 15 is 0 Å². The molecule has 0 radical (unpaired) electrons. The molecule has 5 nitrogen and oxygen atoms in total. The Kier molecular flexibility index (Phi) is 3.65. The molecule has 0 aromatic heterocycles. The first kappa shape index (κ1) is 14.4. The lowest BCUT2D eigenvalue weighted by Gasteiger charge is -2.26. The number of sulfone groups is 1. The third kappa shape index (κ3) is 3.20. The molecule has 1 heterocycles. The Morgan fingerprint density at radius 1 is 1.19 bits per heavy atom. The van der Waals surface area contributed by atoms with Gasteiger partial charge in [-0.05, 0) is 49.9 Å². The van der Waals surface area contributed by atoms with Crippen molar-refractivity contribution in [3.8, 4) is 0 Å². The number of amides is 1. The van der Waals surface area contributed by atoms with E-state index in [2.05, 4.69) is 10.2 Å². The molecule has 1 N–H and O–H groups in total. The molecule has 1 aromatic carbocycles. The van der Waals surface area contributed by atoms with Crippen LogP contribution < -0.4 is 10.2 Å². The van der Waals surface area contributed by atoms with Crippen LogP contribution in [0.3, 0.4) is 0 Å². The summed E-state index contributed by atoms with van der Waals surface area (Å²) in [4.78, 5) is 14.6. The van der Waals surface area contributed by atoms with Crippen LogP contribution in [0.2, 0.25) is 0 Å². The van der Waals surface area contributed by atoms with Crippen molar-refractivity contribution < 1.29 is 13.2 Å². The molecule has 2 fully saturated rings. The third-order valence-corrected chi connectivity index (χ3v) is 5.20.